The molecule has 2 aromatic heterocycles. The molecule has 0 saturated carbocycles. The normalized spacial score (nSPS) is 14.7. The largest absolute Gasteiger partial charge is 0.497 e. The number of anilines is 1. The Bertz CT molecular complexity index is 2090. The third-order valence-corrected chi connectivity index (χ3v) is 7.98. The van der Waals surface area contributed by atoms with Crippen molar-refractivity contribution in [2.45, 2.75) is 13.0 Å². The molecule has 3 heterocycles. The number of allylic oxidation sites excluding steroid dienone is 1. The minimum atomic E-state index is -1.03. The Hall–Kier alpha value is -5.48. The third kappa shape index (κ3) is 5.43. The molecule has 0 bridgehead atoms. The quantitative estimate of drug-likeness (QED) is 0.279. The molecule has 0 spiro atoms. The number of amides is 1. The molecule has 6 rings (SSSR count). The highest BCUT2D eigenvalue weighted by Crippen LogP contribution is 2.32. The van der Waals surface area contributed by atoms with Crippen LogP contribution in [0.4, 0.5) is 5.69 Å². The third-order valence-electron chi connectivity index (χ3n) is 7.00. The van der Waals surface area contributed by atoms with E-state index in [-0.39, 0.29) is 17.0 Å². The number of hydrogen-bond donors (Lipinski definition) is 2. The molecular weight excluding hydrogens is 566 g/mol. The lowest BCUT2D eigenvalue weighted by atomic mass is 9.95. The van der Waals surface area contributed by atoms with Crippen LogP contribution in [0.1, 0.15) is 34.6 Å². The second-order valence-corrected chi connectivity index (χ2v) is 10.8. The van der Waals surface area contributed by atoms with Crippen LogP contribution in [0.15, 0.2) is 116 Å². The summed E-state index contributed by atoms with van der Waals surface area (Å²) < 4.78 is 13.3. The van der Waals surface area contributed by atoms with E-state index < -0.39 is 12.0 Å². The molecule has 0 aliphatic carbocycles. The van der Waals surface area contributed by atoms with Crippen molar-refractivity contribution in [3.8, 4) is 17.1 Å². The number of carbonyl (C=O) groups is 2. The van der Waals surface area contributed by atoms with Crippen molar-refractivity contribution < 1.29 is 23.8 Å². The molecule has 214 valence electrons. The van der Waals surface area contributed by atoms with Crippen molar-refractivity contribution in [1.82, 2.24) is 4.57 Å². The second-order valence-electron chi connectivity index (χ2n) is 9.77. The molecule has 1 aliphatic heterocycles. The Morgan fingerprint density at radius 3 is 2.58 bits per heavy atom. The molecule has 43 heavy (non-hydrogen) atoms. The molecule has 0 saturated heterocycles. The number of methoxy groups -OCH3 is 1. The maximum atomic E-state index is 14.0. The highest BCUT2D eigenvalue weighted by molar-refractivity contribution is 7.07. The fraction of sp³-hybridized carbons (Fsp3) is 0.0909. The molecule has 3 aromatic carbocycles. The predicted octanol–water partition coefficient (Wildman–Crippen LogP) is 4.84. The number of carboxylic acid groups (broad SMARTS) is 1. The number of rotatable bonds is 7. The summed E-state index contributed by atoms with van der Waals surface area (Å²) in [5, 5.41) is 12.3. The molecule has 1 aliphatic rings. The van der Waals surface area contributed by atoms with E-state index in [0.717, 1.165) is 0 Å². The highest BCUT2D eigenvalue weighted by Gasteiger charge is 2.32. The van der Waals surface area contributed by atoms with Gasteiger partial charge in [0, 0.05) is 17.3 Å². The van der Waals surface area contributed by atoms with Crippen molar-refractivity contribution in [3.63, 3.8) is 0 Å². The number of aromatic carboxylic acids is 1. The summed E-state index contributed by atoms with van der Waals surface area (Å²) in [6.45, 7) is 1.76. The summed E-state index contributed by atoms with van der Waals surface area (Å²) in [5.41, 5.74) is 2.56. The minimum absolute atomic E-state index is 0.142. The van der Waals surface area contributed by atoms with E-state index in [1.165, 1.54) is 28.0 Å². The van der Waals surface area contributed by atoms with Gasteiger partial charge in [0.25, 0.3) is 11.5 Å². The summed E-state index contributed by atoms with van der Waals surface area (Å²) >= 11 is 1.19. The van der Waals surface area contributed by atoms with Gasteiger partial charge in [-0.3, -0.25) is 14.2 Å². The number of nitrogens with zero attached hydrogens (tertiary/aromatic N) is 2. The number of para-hydroxylation sites is 1. The zero-order valence-electron chi connectivity index (χ0n) is 23.1. The fourth-order valence-corrected chi connectivity index (χ4v) is 6.01. The van der Waals surface area contributed by atoms with E-state index in [1.807, 2.05) is 30.3 Å². The molecule has 0 radical (unpaired) electrons. The minimum Gasteiger partial charge on any atom is -0.497 e. The number of hydrogen-bond acceptors (Lipinski definition) is 7. The van der Waals surface area contributed by atoms with Gasteiger partial charge in [-0.25, -0.2) is 9.79 Å². The summed E-state index contributed by atoms with van der Waals surface area (Å²) in [7, 11) is 1.56. The maximum Gasteiger partial charge on any atom is 0.335 e. The van der Waals surface area contributed by atoms with Crippen molar-refractivity contribution in [3.05, 3.63) is 139 Å². The van der Waals surface area contributed by atoms with Gasteiger partial charge in [-0.1, -0.05) is 53.8 Å². The van der Waals surface area contributed by atoms with Crippen LogP contribution in [0.2, 0.25) is 0 Å². The maximum absolute atomic E-state index is 14.0. The molecule has 0 fully saturated rings. The number of furan rings is 1. The summed E-state index contributed by atoms with van der Waals surface area (Å²) in [6, 6.07) is 25.5. The van der Waals surface area contributed by atoms with E-state index in [9.17, 15) is 19.5 Å². The van der Waals surface area contributed by atoms with Gasteiger partial charge in [0.15, 0.2) is 4.80 Å². The van der Waals surface area contributed by atoms with Crippen LogP contribution in [-0.4, -0.2) is 28.7 Å². The molecule has 9 nitrogen and oxygen atoms in total. The van der Waals surface area contributed by atoms with Crippen LogP contribution < -0.4 is 24.9 Å². The van der Waals surface area contributed by atoms with Crippen LogP contribution in [0.25, 0.3) is 17.4 Å². The first-order valence-electron chi connectivity index (χ1n) is 13.3. The van der Waals surface area contributed by atoms with E-state index in [4.69, 9.17) is 9.15 Å². The standard InChI is InChI=1S/C33H25N3O6S/c1-19-28(30(37)35-23-11-4-3-5-12-23)29(21-9-7-13-24(17-21)41-2)36-31(38)27(43-33(36)34-19)18-25-14-15-26(42-25)20-8-6-10-22(16-20)32(39)40/h3-18,29H,1-2H3,(H,35,37)(H,39,40)/b27-18-/t29-/m1/s1. The average molecular weight is 592 g/mol. The molecule has 2 N–H and O–H groups in total. The fourth-order valence-electron chi connectivity index (χ4n) is 4.98. The lowest BCUT2D eigenvalue weighted by Crippen LogP contribution is -2.40. The first kappa shape index (κ1) is 27.7. The number of benzene rings is 3. The number of carboxylic acids is 1. The Balaban J connectivity index is 1.45. The molecule has 1 atom stereocenters. The van der Waals surface area contributed by atoms with Gasteiger partial charge in [0.05, 0.1) is 34.5 Å². The lowest BCUT2D eigenvalue weighted by Gasteiger charge is -2.25. The van der Waals surface area contributed by atoms with Gasteiger partial charge < -0.3 is 19.6 Å². The molecule has 1 amide bonds. The van der Waals surface area contributed by atoms with Crippen molar-refractivity contribution in [1.29, 1.82) is 0 Å². The van der Waals surface area contributed by atoms with Crippen LogP contribution in [0.5, 0.6) is 5.75 Å². The topological polar surface area (TPSA) is 123 Å². The van der Waals surface area contributed by atoms with Crippen LogP contribution in [0.3, 0.4) is 0 Å². The van der Waals surface area contributed by atoms with Crippen LogP contribution in [-0.2, 0) is 4.79 Å². The zero-order chi connectivity index (χ0) is 30.1. The Morgan fingerprint density at radius 2 is 1.81 bits per heavy atom. The molecule has 0 unspecified atom stereocenters. The summed E-state index contributed by atoms with van der Waals surface area (Å²) in [4.78, 5) is 44.2. The van der Waals surface area contributed by atoms with E-state index >= 15 is 0 Å². The average Bonchev–Trinajstić information content (AvgIpc) is 3.61. The second kappa shape index (κ2) is 11.4. The van der Waals surface area contributed by atoms with Gasteiger partial charge in [-0.05, 0) is 61.0 Å². The van der Waals surface area contributed by atoms with Gasteiger partial charge in [0.1, 0.15) is 17.3 Å². The number of thiazole rings is 1. The number of nitrogens with one attached hydrogen (secondary N) is 1. The Labute approximate surface area is 249 Å². The van der Waals surface area contributed by atoms with E-state index in [1.54, 1.807) is 68.6 Å². The smallest absolute Gasteiger partial charge is 0.335 e. The van der Waals surface area contributed by atoms with Crippen LogP contribution in [0, 0.1) is 0 Å². The Morgan fingerprint density at radius 1 is 1.02 bits per heavy atom. The molecular formula is C33H25N3O6S. The first-order chi connectivity index (χ1) is 20.8. The predicted molar refractivity (Wildman–Crippen MR) is 163 cm³/mol. The van der Waals surface area contributed by atoms with Gasteiger partial charge in [-0.2, -0.15) is 0 Å². The van der Waals surface area contributed by atoms with Crippen molar-refractivity contribution in [2.24, 2.45) is 4.99 Å². The summed E-state index contributed by atoms with van der Waals surface area (Å²) in [5.74, 6) is 0.0669. The number of fused-ring (bicyclic) bond motifs is 1. The monoisotopic (exact) mass is 591 g/mol. The van der Waals surface area contributed by atoms with Crippen molar-refractivity contribution in [2.75, 3.05) is 12.4 Å². The van der Waals surface area contributed by atoms with E-state index in [0.29, 0.717) is 54.7 Å². The lowest BCUT2D eigenvalue weighted by molar-refractivity contribution is -0.113. The molecule has 5 aromatic rings. The van der Waals surface area contributed by atoms with Gasteiger partial charge in [0.2, 0.25) is 0 Å². The number of carbonyl (C=O) groups excluding carboxylic acids is 1. The Kier molecular flexibility index (Phi) is 7.35. The number of aromatic nitrogens is 1. The van der Waals surface area contributed by atoms with Gasteiger partial charge in [-0.15, -0.1) is 0 Å². The van der Waals surface area contributed by atoms with E-state index in [2.05, 4.69) is 10.3 Å². The summed E-state index contributed by atoms with van der Waals surface area (Å²) in [6.07, 6.45) is 1.63. The first-order valence-corrected chi connectivity index (χ1v) is 14.1. The van der Waals surface area contributed by atoms with Crippen molar-refractivity contribution >= 4 is 35.0 Å². The highest BCUT2D eigenvalue weighted by atomic mass is 32.1. The SMILES string of the molecule is COc1cccc([C@@H]2C(C(=O)Nc3ccccc3)=C(C)N=c3s/c(=C\c4ccc(-c5cccc(C(=O)O)c5)o4)c(=O)n32)c1. The van der Waals surface area contributed by atoms with Gasteiger partial charge >= 0.3 is 5.97 Å². The molecule has 10 heteroatoms. The zero-order valence-corrected chi connectivity index (χ0v) is 23.9. The van der Waals surface area contributed by atoms with Crippen LogP contribution >= 0.6 is 11.3 Å². The number of ether oxygens (including phenoxy) is 1.